The Balaban J connectivity index is 1.62. The van der Waals surface area contributed by atoms with Gasteiger partial charge in [0.1, 0.15) is 5.82 Å². The van der Waals surface area contributed by atoms with E-state index < -0.39 is 9.84 Å². The number of rotatable bonds is 5. The number of hydrogen-bond donors (Lipinski definition) is 0. The molecule has 1 aliphatic heterocycles. The van der Waals surface area contributed by atoms with Crippen LogP contribution < -0.4 is 0 Å². The van der Waals surface area contributed by atoms with E-state index in [1.54, 1.807) is 6.92 Å². The molecule has 2 aromatic rings. The van der Waals surface area contributed by atoms with E-state index in [0.717, 1.165) is 11.0 Å². The Bertz CT molecular complexity index is 768. The molecular weight excluding hydrogens is 326 g/mol. The summed E-state index contributed by atoms with van der Waals surface area (Å²) in [6, 6.07) is 0. The van der Waals surface area contributed by atoms with Crippen molar-refractivity contribution in [2.45, 2.75) is 30.7 Å². The first-order valence-corrected chi connectivity index (χ1v) is 9.74. The molecule has 3 heterocycles. The second kappa shape index (κ2) is 5.99. The van der Waals surface area contributed by atoms with Gasteiger partial charge in [-0.05, 0) is 12.3 Å². The van der Waals surface area contributed by atoms with Crippen LogP contribution in [-0.2, 0) is 29.1 Å². The maximum atomic E-state index is 11.5. The Morgan fingerprint density at radius 1 is 1.32 bits per heavy atom. The Morgan fingerprint density at radius 2 is 2.14 bits per heavy atom. The number of aromatic nitrogens is 5. The fraction of sp³-hybridized carbons (Fsp3) is 0.667. The Labute approximate surface area is 132 Å². The molecule has 3 rings (SSSR count). The molecule has 1 saturated heterocycles. The van der Waals surface area contributed by atoms with Crippen molar-refractivity contribution in [3.63, 3.8) is 0 Å². The smallest absolute Gasteiger partial charge is 0.226 e. The van der Waals surface area contributed by atoms with Gasteiger partial charge >= 0.3 is 0 Å². The second-order valence-electron chi connectivity index (χ2n) is 5.43. The summed E-state index contributed by atoms with van der Waals surface area (Å²) < 4.78 is 30.2. The molecular formula is C12H17N5O3S2. The summed E-state index contributed by atoms with van der Waals surface area (Å²) in [4.78, 5) is 0. The van der Waals surface area contributed by atoms with E-state index in [-0.39, 0.29) is 17.4 Å². The molecule has 0 unspecified atom stereocenters. The van der Waals surface area contributed by atoms with Crippen LogP contribution in [0.25, 0.3) is 0 Å². The summed E-state index contributed by atoms with van der Waals surface area (Å²) in [7, 11) is -0.967. The van der Waals surface area contributed by atoms with Crippen molar-refractivity contribution < 1.29 is 12.8 Å². The van der Waals surface area contributed by atoms with Gasteiger partial charge in [0.05, 0.1) is 17.3 Å². The molecule has 0 amide bonds. The van der Waals surface area contributed by atoms with Gasteiger partial charge in [0.15, 0.2) is 15.0 Å². The zero-order valence-corrected chi connectivity index (χ0v) is 14.0. The van der Waals surface area contributed by atoms with Crippen LogP contribution in [0.15, 0.2) is 9.57 Å². The normalized spacial score (nSPS) is 20.5. The molecule has 1 aliphatic rings. The zero-order valence-electron chi connectivity index (χ0n) is 12.4. The van der Waals surface area contributed by atoms with Crippen molar-refractivity contribution in [3.8, 4) is 0 Å². The van der Waals surface area contributed by atoms with Gasteiger partial charge in [-0.1, -0.05) is 11.8 Å². The van der Waals surface area contributed by atoms with E-state index in [0.29, 0.717) is 30.4 Å². The molecule has 8 nitrogen and oxygen atoms in total. The van der Waals surface area contributed by atoms with Crippen molar-refractivity contribution in [2.75, 3.05) is 11.5 Å². The molecule has 0 saturated carbocycles. The highest BCUT2D eigenvalue weighted by Gasteiger charge is 2.29. The van der Waals surface area contributed by atoms with Crippen molar-refractivity contribution in [1.82, 2.24) is 25.0 Å². The van der Waals surface area contributed by atoms with Crippen LogP contribution in [0.4, 0.5) is 0 Å². The highest BCUT2D eigenvalue weighted by atomic mass is 32.2. The summed E-state index contributed by atoms with van der Waals surface area (Å²) in [6.07, 6.45) is 1.35. The van der Waals surface area contributed by atoms with Crippen molar-refractivity contribution >= 4 is 21.6 Å². The average molecular weight is 343 g/mol. The van der Waals surface area contributed by atoms with E-state index in [1.165, 1.54) is 11.8 Å². The molecule has 22 heavy (non-hydrogen) atoms. The molecule has 2 aromatic heterocycles. The van der Waals surface area contributed by atoms with E-state index >= 15 is 0 Å². The monoisotopic (exact) mass is 343 g/mol. The lowest BCUT2D eigenvalue weighted by atomic mass is 10.1. The lowest BCUT2D eigenvalue weighted by molar-refractivity contribution is 0.485. The third-order valence-corrected chi connectivity index (χ3v) is 6.46. The summed E-state index contributed by atoms with van der Waals surface area (Å²) in [6.45, 7) is 1.75. The second-order valence-corrected chi connectivity index (χ2v) is 8.61. The highest BCUT2D eigenvalue weighted by molar-refractivity contribution is 7.98. The molecule has 1 fully saturated rings. The van der Waals surface area contributed by atoms with Crippen molar-refractivity contribution in [3.05, 3.63) is 17.6 Å². The zero-order chi connectivity index (χ0) is 15.7. The SMILES string of the molecule is Cc1nnc(CSc2nnc(C[C@H]3CCS(=O)(=O)C3)n2C)o1. The number of thioether (sulfide) groups is 1. The Morgan fingerprint density at radius 3 is 2.77 bits per heavy atom. The van der Waals surface area contributed by atoms with Gasteiger partial charge in [-0.2, -0.15) is 0 Å². The average Bonchev–Trinajstić information content (AvgIpc) is 3.11. The van der Waals surface area contributed by atoms with Crippen molar-refractivity contribution in [2.24, 2.45) is 13.0 Å². The maximum Gasteiger partial charge on any atom is 0.226 e. The molecule has 120 valence electrons. The molecule has 1 atom stereocenters. The topological polar surface area (TPSA) is 104 Å². The third-order valence-electron chi connectivity index (χ3n) is 3.62. The van der Waals surface area contributed by atoms with E-state index in [4.69, 9.17) is 4.42 Å². The number of sulfone groups is 1. The third kappa shape index (κ3) is 3.49. The minimum atomic E-state index is -2.86. The molecule has 0 bridgehead atoms. The van der Waals surface area contributed by atoms with Gasteiger partial charge in [-0.15, -0.1) is 20.4 Å². The van der Waals surface area contributed by atoms with Gasteiger partial charge in [-0.25, -0.2) is 8.42 Å². The molecule has 0 radical (unpaired) electrons. The predicted molar refractivity (Wildman–Crippen MR) is 80.1 cm³/mol. The number of aryl methyl sites for hydroxylation is 1. The lowest BCUT2D eigenvalue weighted by Gasteiger charge is -2.07. The molecule has 0 spiro atoms. The molecule has 0 N–H and O–H groups in total. The highest BCUT2D eigenvalue weighted by Crippen LogP contribution is 2.25. The first-order chi connectivity index (χ1) is 10.4. The van der Waals surface area contributed by atoms with Crippen LogP contribution in [-0.4, -0.2) is 44.9 Å². The Hall–Kier alpha value is -1.42. The van der Waals surface area contributed by atoms with E-state index in [2.05, 4.69) is 20.4 Å². The van der Waals surface area contributed by atoms with Crippen LogP contribution in [0.5, 0.6) is 0 Å². The number of hydrogen-bond acceptors (Lipinski definition) is 8. The van der Waals surface area contributed by atoms with Crippen LogP contribution in [0.3, 0.4) is 0 Å². The minimum absolute atomic E-state index is 0.143. The quantitative estimate of drug-likeness (QED) is 0.734. The van der Waals surface area contributed by atoms with Gasteiger partial charge in [0, 0.05) is 20.4 Å². The summed E-state index contributed by atoms with van der Waals surface area (Å²) in [5, 5.41) is 16.8. The maximum absolute atomic E-state index is 11.5. The van der Waals surface area contributed by atoms with Crippen LogP contribution in [0.2, 0.25) is 0 Å². The van der Waals surface area contributed by atoms with E-state index in [1.807, 2.05) is 11.6 Å². The Kier molecular flexibility index (Phi) is 4.22. The summed E-state index contributed by atoms with van der Waals surface area (Å²) >= 11 is 1.47. The first-order valence-electron chi connectivity index (χ1n) is 6.93. The molecule has 0 aliphatic carbocycles. The van der Waals surface area contributed by atoms with Crippen LogP contribution in [0.1, 0.15) is 24.0 Å². The van der Waals surface area contributed by atoms with Gasteiger partial charge in [0.25, 0.3) is 0 Å². The molecule has 0 aromatic carbocycles. The molecule has 10 heteroatoms. The first kappa shape index (κ1) is 15.5. The summed E-state index contributed by atoms with van der Waals surface area (Å²) in [5.74, 6) is 3.11. The standard InChI is InChI=1S/C12H17N5O3S2/c1-8-13-15-11(20-8)6-21-12-16-14-10(17(12)2)5-9-3-4-22(18,19)7-9/h9H,3-7H2,1-2H3/t9-/m1/s1. The van der Waals surface area contributed by atoms with Crippen LogP contribution in [0, 0.1) is 12.8 Å². The minimum Gasteiger partial charge on any atom is -0.425 e. The fourth-order valence-electron chi connectivity index (χ4n) is 2.46. The van der Waals surface area contributed by atoms with Gasteiger partial charge in [0.2, 0.25) is 11.8 Å². The van der Waals surface area contributed by atoms with Crippen LogP contribution >= 0.6 is 11.8 Å². The predicted octanol–water partition coefficient (Wildman–Crippen LogP) is 0.776. The van der Waals surface area contributed by atoms with Gasteiger partial charge < -0.3 is 8.98 Å². The largest absolute Gasteiger partial charge is 0.425 e. The summed E-state index contributed by atoms with van der Waals surface area (Å²) in [5.41, 5.74) is 0. The fourth-order valence-corrected chi connectivity index (χ4v) is 5.09. The van der Waals surface area contributed by atoms with Gasteiger partial charge in [-0.3, -0.25) is 0 Å². The van der Waals surface area contributed by atoms with Crippen molar-refractivity contribution in [1.29, 1.82) is 0 Å². The van der Waals surface area contributed by atoms with E-state index in [9.17, 15) is 8.42 Å². The lowest BCUT2D eigenvalue weighted by Crippen LogP contribution is -2.11. The number of nitrogens with zero attached hydrogens (tertiary/aromatic N) is 5.